The molecule has 0 atom stereocenters. The zero-order valence-electron chi connectivity index (χ0n) is 18.0. The van der Waals surface area contributed by atoms with Gasteiger partial charge in [0.2, 0.25) is 5.91 Å². The summed E-state index contributed by atoms with van der Waals surface area (Å²) < 4.78 is 1.95. The van der Waals surface area contributed by atoms with Crippen molar-refractivity contribution >= 4 is 52.2 Å². The van der Waals surface area contributed by atoms with Crippen LogP contribution < -0.4 is 10.2 Å². The first-order valence-electron chi connectivity index (χ1n) is 10.2. The molecular formula is C23H25Cl2N5OS. The van der Waals surface area contributed by atoms with E-state index in [0.717, 1.165) is 24.5 Å². The monoisotopic (exact) mass is 489 g/mol. The van der Waals surface area contributed by atoms with E-state index in [9.17, 15) is 4.79 Å². The van der Waals surface area contributed by atoms with Crippen molar-refractivity contribution in [3.8, 4) is 11.4 Å². The number of benzene rings is 2. The summed E-state index contributed by atoms with van der Waals surface area (Å²) in [5.74, 6) is 0.674. The van der Waals surface area contributed by atoms with Crippen molar-refractivity contribution in [2.75, 3.05) is 29.1 Å². The molecule has 32 heavy (non-hydrogen) atoms. The van der Waals surface area contributed by atoms with Crippen molar-refractivity contribution < 1.29 is 4.79 Å². The number of carbonyl (C=O) groups excluding carboxylic acids is 1. The van der Waals surface area contributed by atoms with Gasteiger partial charge in [0.1, 0.15) is 0 Å². The van der Waals surface area contributed by atoms with Crippen molar-refractivity contribution in [3.05, 3.63) is 65.2 Å². The first-order chi connectivity index (χ1) is 15.5. The topological polar surface area (TPSA) is 63.1 Å². The molecule has 0 aliphatic rings. The Balaban J connectivity index is 1.74. The fourth-order valence-electron chi connectivity index (χ4n) is 3.22. The van der Waals surface area contributed by atoms with Gasteiger partial charge in [0.25, 0.3) is 0 Å². The van der Waals surface area contributed by atoms with Crippen LogP contribution in [-0.4, -0.2) is 39.5 Å². The molecule has 0 radical (unpaired) electrons. The van der Waals surface area contributed by atoms with Crippen molar-refractivity contribution in [1.82, 2.24) is 14.8 Å². The Labute approximate surface area is 202 Å². The van der Waals surface area contributed by atoms with Gasteiger partial charge in [0.15, 0.2) is 11.0 Å². The number of hydrogen-bond donors (Lipinski definition) is 1. The molecule has 0 aliphatic heterocycles. The average molecular weight is 490 g/mol. The molecule has 2 aromatic carbocycles. The van der Waals surface area contributed by atoms with E-state index in [1.165, 1.54) is 17.4 Å². The van der Waals surface area contributed by atoms with Gasteiger partial charge in [-0.1, -0.05) is 41.0 Å². The van der Waals surface area contributed by atoms with Crippen LogP contribution in [0.2, 0.25) is 10.0 Å². The number of allylic oxidation sites excluding steroid dienone is 1. The largest absolute Gasteiger partial charge is 0.372 e. The highest BCUT2D eigenvalue weighted by atomic mass is 35.5. The van der Waals surface area contributed by atoms with E-state index >= 15 is 0 Å². The van der Waals surface area contributed by atoms with Crippen molar-refractivity contribution in [1.29, 1.82) is 0 Å². The zero-order chi connectivity index (χ0) is 23.1. The van der Waals surface area contributed by atoms with Crippen LogP contribution in [0.15, 0.2) is 60.3 Å². The highest BCUT2D eigenvalue weighted by Crippen LogP contribution is 2.28. The van der Waals surface area contributed by atoms with E-state index in [0.29, 0.717) is 27.4 Å². The maximum Gasteiger partial charge on any atom is 0.234 e. The van der Waals surface area contributed by atoms with Gasteiger partial charge in [-0.25, -0.2) is 0 Å². The molecule has 168 valence electrons. The third kappa shape index (κ3) is 5.85. The lowest BCUT2D eigenvalue weighted by molar-refractivity contribution is -0.113. The van der Waals surface area contributed by atoms with Crippen LogP contribution in [0.3, 0.4) is 0 Å². The first-order valence-corrected chi connectivity index (χ1v) is 12.0. The minimum Gasteiger partial charge on any atom is -0.372 e. The fraction of sp³-hybridized carbons (Fsp3) is 0.261. The van der Waals surface area contributed by atoms with E-state index in [-0.39, 0.29) is 11.7 Å². The van der Waals surface area contributed by atoms with Crippen LogP contribution in [0, 0.1) is 0 Å². The normalized spacial score (nSPS) is 10.8. The van der Waals surface area contributed by atoms with Gasteiger partial charge in [-0.05, 0) is 56.3 Å². The average Bonchev–Trinajstić information content (AvgIpc) is 3.19. The molecule has 0 saturated carbocycles. The third-order valence-corrected chi connectivity index (χ3v) is 6.35. The maximum absolute atomic E-state index is 12.4. The van der Waals surface area contributed by atoms with E-state index in [4.69, 9.17) is 23.2 Å². The van der Waals surface area contributed by atoms with Crippen LogP contribution in [0.4, 0.5) is 11.4 Å². The molecule has 1 N–H and O–H groups in total. The number of rotatable bonds is 10. The van der Waals surface area contributed by atoms with Gasteiger partial charge in [0.05, 0.1) is 16.5 Å². The lowest BCUT2D eigenvalue weighted by Gasteiger charge is -2.21. The Morgan fingerprint density at radius 3 is 2.53 bits per heavy atom. The Bertz CT molecular complexity index is 1080. The van der Waals surface area contributed by atoms with E-state index < -0.39 is 0 Å². The van der Waals surface area contributed by atoms with Crippen molar-refractivity contribution in [2.24, 2.45) is 0 Å². The lowest BCUT2D eigenvalue weighted by Crippen LogP contribution is -2.21. The number of hydrogen-bond acceptors (Lipinski definition) is 5. The highest BCUT2D eigenvalue weighted by Gasteiger charge is 2.16. The van der Waals surface area contributed by atoms with Crippen LogP contribution in [0.5, 0.6) is 0 Å². The maximum atomic E-state index is 12.4. The lowest BCUT2D eigenvalue weighted by atomic mass is 10.2. The second kappa shape index (κ2) is 11.4. The molecule has 3 aromatic rings. The van der Waals surface area contributed by atoms with Crippen LogP contribution >= 0.6 is 35.0 Å². The summed E-state index contributed by atoms with van der Waals surface area (Å²) in [5, 5.41) is 13.0. The third-order valence-electron chi connectivity index (χ3n) is 4.82. The molecule has 3 rings (SSSR count). The van der Waals surface area contributed by atoms with Gasteiger partial charge < -0.3 is 10.2 Å². The molecule has 6 nitrogen and oxygen atoms in total. The summed E-state index contributed by atoms with van der Waals surface area (Å²) >= 11 is 13.4. The summed E-state index contributed by atoms with van der Waals surface area (Å²) in [4.78, 5) is 14.7. The minimum absolute atomic E-state index is 0.152. The predicted octanol–water partition coefficient (Wildman–Crippen LogP) is 6.01. The highest BCUT2D eigenvalue weighted by molar-refractivity contribution is 7.99. The number of thioether (sulfide) groups is 1. The number of halogens is 2. The molecule has 0 saturated heterocycles. The van der Waals surface area contributed by atoms with Gasteiger partial charge >= 0.3 is 0 Å². The van der Waals surface area contributed by atoms with Crippen LogP contribution in [-0.2, 0) is 11.3 Å². The summed E-state index contributed by atoms with van der Waals surface area (Å²) in [7, 11) is 0. The SMILES string of the molecule is C=CCn1c(SCC(=O)Nc2cc(Cl)ccc2Cl)nnc1-c1ccc(N(CC)CC)cc1. The molecule has 9 heteroatoms. The Morgan fingerprint density at radius 1 is 1.16 bits per heavy atom. The van der Waals surface area contributed by atoms with Gasteiger partial charge in [-0.2, -0.15) is 0 Å². The first kappa shape index (κ1) is 24.2. The molecular weight excluding hydrogens is 465 g/mol. The molecule has 1 heterocycles. The van der Waals surface area contributed by atoms with E-state index in [1.807, 2.05) is 16.7 Å². The Morgan fingerprint density at radius 2 is 1.88 bits per heavy atom. The van der Waals surface area contributed by atoms with Gasteiger partial charge in [-0.15, -0.1) is 16.8 Å². The quantitative estimate of drug-likeness (QED) is 0.278. The second-order valence-electron chi connectivity index (χ2n) is 6.89. The Hall–Kier alpha value is -2.48. The zero-order valence-corrected chi connectivity index (χ0v) is 20.3. The summed E-state index contributed by atoms with van der Waals surface area (Å²) in [6.45, 7) is 10.5. The standard InChI is InChI=1S/C23H25Cl2N5OS/c1-4-13-30-22(16-7-10-18(11-8-16)29(5-2)6-3)27-28-23(30)32-15-21(31)26-20-14-17(24)9-12-19(20)25/h4,7-12,14H,1,5-6,13,15H2,2-3H3,(H,26,31). The molecule has 0 aliphatic carbocycles. The summed E-state index contributed by atoms with van der Waals surface area (Å²) in [6, 6.07) is 13.2. The fourth-order valence-corrected chi connectivity index (χ4v) is 4.31. The van der Waals surface area contributed by atoms with Gasteiger partial charge in [0, 0.05) is 35.9 Å². The number of carbonyl (C=O) groups is 1. The number of nitrogens with one attached hydrogen (secondary N) is 1. The van der Waals surface area contributed by atoms with E-state index in [1.54, 1.807) is 24.3 Å². The van der Waals surface area contributed by atoms with Crippen LogP contribution in [0.1, 0.15) is 13.8 Å². The van der Waals surface area contributed by atoms with Crippen molar-refractivity contribution in [2.45, 2.75) is 25.5 Å². The number of nitrogens with zero attached hydrogens (tertiary/aromatic N) is 4. The summed E-state index contributed by atoms with van der Waals surface area (Å²) in [5.41, 5.74) is 2.60. The predicted molar refractivity (Wildman–Crippen MR) is 135 cm³/mol. The summed E-state index contributed by atoms with van der Waals surface area (Å²) in [6.07, 6.45) is 1.78. The smallest absolute Gasteiger partial charge is 0.234 e. The molecule has 1 aromatic heterocycles. The molecule has 0 bridgehead atoms. The molecule has 1 amide bonds. The van der Waals surface area contributed by atoms with Crippen LogP contribution in [0.25, 0.3) is 11.4 Å². The van der Waals surface area contributed by atoms with E-state index in [2.05, 4.69) is 53.0 Å². The molecule has 0 unspecified atom stereocenters. The Kier molecular flexibility index (Phi) is 8.61. The molecule has 0 spiro atoms. The number of amides is 1. The molecule has 0 fully saturated rings. The minimum atomic E-state index is -0.211. The second-order valence-corrected chi connectivity index (χ2v) is 8.67. The van der Waals surface area contributed by atoms with Gasteiger partial charge in [-0.3, -0.25) is 9.36 Å². The van der Waals surface area contributed by atoms with Crippen molar-refractivity contribution in [3.63, 3.8) is 0 Å². The number of anilines is 2. The number of aromatic nitrogens is 3.